The molecule has 150 valence electrons. The lowest BCUT2D eigenvalue weighted by molar-refractivity contribution is 0.0950. The van der Waals surface area contributed by atoms with Gasteiger partial charge in [-0.05, 0) is 36.2 Å². The maximum Gasteiger partial charge on any atom is 0.253 e. The van der Waals surface area contributed by atoms with Crippen molar-refractivity contribution in [1.82, 2.24) is 25.6 Å². The van der Waals surface area contributed by atoms with E-state index in [4.69, 9.17) is 0 Å². The number of rotatable bonds is 7. The second-order valence-electron chi connectivity index (χ2n) is 6.83. The van der Waals surface area contributed by atoms with Gasteiger partial charge >= 0.3 is 0 Å². The van der Waals surface area contributed by atoms with E-state index in [1.54, 1.807) is 12.3 Å². The number of nitrogens with zero attached hydrogens (tertiary/aromatic N) is 2. The number of benzene rings is 1. The standard InChI is InChI=1S/C23H21N5O2/c29-22(26-10-8-16-14-27-21-7-2-1-6-20(16)21)17-11-18(13-24-12-17)23(30)28-15-19-5-3-4-9-25-19/h1-7,9,11-14,27H,8,10,15H2,(H,26,29)(H,28,30). The first kappa shape index (κ1) is 19.3. The van der Waals surface area contributed by atoms with Gasteiger partial charge in [-0.1, -0.05) is 24.3 Å². The summed E-state index contributed by atoms with van der Waals surface area (Å²) < 4.78 is 0. The van der Waals surface area contributed by atoms with Crippen molar-refractivity contribution in [2.45, 2.75) is 13.0 Å². The monoisotopic (exact) mass is 399 g/mol. The molecule has 0 aliphatic heterocycles. The van der Waals surface area contributed by atoms with Crippen LogP contribution in [0, 0.1) is 0 Å². The summed E-state index contributed by atoms with van der Waals surface area (Å²) in [6.45, 7) is 0.789. The van der Waals surface area contributed by atoms with Gasteiger partial charge in [-0.15, -0.1) is 0 Å². The summed E-state index contributed by atoms with van der Waals surface area (Å²) in [7, 11) is 0. The Balaban J connectivity index is 1.33. The Morgan fingerprint density at radius 3 is 2.50 bits per heavy atom. The molecule has 0 fully saturated rings. The predicted molar refractivity (Wildman–Crippen MR) is 114 cm³/mol. The van der Waals surface area contributed by atoms with Gasteiger partial charge < -0.3 is 15.6 Å². The smallest absolute Gasteiger partial charge is 0.253 e. The Hall–Kier alpha value is -4.00. The molecule has 4 aromatic rings. The number of amides is 2. The number of hydrogen-bond acceptors (Lipinski definition) is 4. The van der Waals surface area contributed by atoms with E-state index >= 15 is 0 Å². The second-order valence-corrected chi connectivity index (χ2v) is 6.83. The van der Waals surface area contributed by atoms with Crippen LogP contribution in [0.2, 0.25) is 0 Å². The van der Waals surface area contributed by atoms with Gasteiger partial charge in [0.05, 0.1) is 23.4 Å². The fraction of sp³-hybridized carbons (Fsp3) is 0.130. The van der Waals surface area contributed by atoms with Crippen LogP contribution in [0.4, 0.5) is 0 Å². The highest BCUT2D eigenvalue weighted by Gasteiger charge is 2.12. The van der Waals surface area contributed by atoms with Crippen molar-refractivity contribution in [3.63, 3.8) is 0 Å². The Bertz CT molecular complexity index is 1170. The van der Waals surface area contributed by atoms with E-state index in [0.717, 1.165) is 22.2 Å². The molecule has 3 aromatic heterocycles. The molecule has 30 heavy (non-hydrogen) atoms. The lowest BCUT2D eigenvalue weighted by Crippen LogP contribution is -2.27. The highest BCUT2D eigenvalue weighted by Crippen LogP contribution is 2.17. The first-order chi connectivity index (χ1) is 14.7. The first-order valence-electron chi connectivity index (χ1n) is 9.67. The maximum atomic E-state index is 12.5. The summed E-state index contributed by atoms with van der Waals surface area (Å²) in [5.41, 5.74) is 3.65. The van der Waals surface area contributed by atoms with E-state index in [1.165, 1.54) is 12.4 Å². The fourth-order valence-electron chi connectivity index (χ4n) is 3.22. The number of para-hydroxylation sites is 1. The molecule has 7 nitrogen and oxygen atoms in total. The molecular weight excluding hydrogens is 378 g/mol. The van der Waals surface area contributed by atoms with Crippen molar-refractivity contribution in [3.05, 3.63) is 95.7 Å². The molecular formula is C23H21N5O2. The number of aromatic amines is 1. The fourth-order valence-corrected chi connectivity index (χ4v) is 3.22. The minimum atomic E-state index is -0.304. The van der Waals surface area contributed by atoms with Crippen LogP contribution in [0.1, 0.15) is 32.0 Å². The van der Waals surface area contributed by atoms with Gasteiger partial charge in [0.1, 0.15) is 0 Å². The molecule has 0 aliphatic carbocycles. The van der Waals surface area contributed by atoms with Crippen molar-refractivity contribution in [1.29, 1.82) is 0 Å². The quantitative estimate of drug-likeness (QED) is 0.445. The zero-order valence-electron chi connectivity index (χ0n) is 16.3. The van der Waals surface area contributed by atoms with E-state index < -0.39 is 0 Å². The van der Waals surface area contributed by atoms with Gasteiger partial charge in [-0.2, -0.15) is 0 Å². The lowest BCUT2D eigenvalue weighted by Gasteiger charge is -2.07. The molecule has 0 bridgehead atoms. The molecule has 0 saturated carbocycles. The number of fused-ring (bicyclic) bond motifs is 1. The number of pyridine rings is 2. The van der Waals surface area contributed by atoms with E-state index in [9.17, 15) is 9.59 Å². The molecule has 0 radical (unpaired) electrons. The highest BCUT2D eigenvalue weighted by atomic mass is 16.2. The maximum absolute atomic E-state index is 12.5. The topological polar surface area (TPSA) is 99.8 Å². The molecule has 0 spiro atoms. The molecule has 0 saturated heterocycles. The van der Waals surface area contributed by atoms with Crippen molar-refractivity contribution in [3.8, 4) is 0 Å². The lowest BCUT2D eigenvalue weighted by atomic mass is 10.1. The molecule has 2 amide bonds. The number of aromatic nitrogens is 3. The van der Waals surface area contributed by atoms with Crippen molar-refractivity contribution >= 4 is 22.7 Å². The zero-order valence-corrected chi connectivity index (χ0v) is 16.3. The Kier molecular flexibility index (Phi) is 5.80. The third-order valence-corrected chi connectivity index (χ3v) is 4.77. The molecule has 4 rings (SSSR count). The van der Waals surface area contributed by atoms with Gasteiger partial charge in [0.25, 0.3) is 11.8 Å². The number of carbonyl (C=O) groups is 2. The molecule has 0 aliphatic rings. The third-order valence-electron chi connectivity index (χ3n) is 4.77. The number of carbonyl (C=O) groups excluding carboxylic acids is 2. The van der Waals surface area contributed by atoms with Gasteiger partial charge in [0, 0.05) is 42.2 Å². The minimum Gasteiger partial charge on any atom is -0.361 e. The van der Waals surface area contributed by atoms with Gasteiger partial charge in [-0.3, -0.25) is 19.6 Å². The summed E-state index contributed by atoms with van der Waals surface area (Å²) in [5, 5.41) is 6.83. The third kappa shape index (κ3) is 4.52. The van der Waals surface area contributed by atoms with Crippen LogP contribution in [-0.4, -0.2) is 33.3 Å². The van der Waals surface area contributed by atoms with Gasteiger partial charge in [0.2, 0.25) is 0 Å². The Morgan fingerprint density at radius 1 is 0.933 bits per heavy atom. The SMILES string of the molecule is O=C(NCCc1c[nH]c2ccccc12)c1cncc(C(=O)NCc2ccccn2)c1. The summed E-state index contributed by atoms with van der Waals surface area (Å²) in [6, 6.07) is 15.1. The minimum absolute atomic E-state index is 0.262. The van der Waals surface area contributed by atoms with Crippen molar-refractivity contribution < 1.29 is 9.59 Å². The summed E-state index contributed by atoms with van der Waals surface area (Å²) >= 11 is 0. The second kappa shape index (κ2) is 9.00. The number of nitrogens with one attached hydrogen (secondary N) is 3. The molecule has 7 heteroatoms. The zero-order chi connectivity index (χ0) is 20.8. The number of hydrogen-bond donors (Lipinski definition) is 3. The van der Waals surface area contributed by atoms with Gasteiger partial charge in [-0.25, -0.2) is 0 Å². The van der Waals surface area contributed by atoms with Crippen LogP contribution in [0.5, 0.6) is 0 Å². The largest absolute Gasteiger partial charge is 0.361 e. The highest BCUT2D eigenvalue weighted by molar-refractivity contribution is 5.99. The molecule has 0 unspecified atom stereocenters. The normalized spacial score (nSPS) is 10.7. The van der Waals surface area contributed by atoms with Crippen LogP contribution in [-0.2, 0) is 13.0 Å². The molecule has 3 N–H and O–H groups in total. The Morgan fingerprint density at radius 2 is 1.70 bits per heavy atom. The van der Waals surface area contributed by atoms with Gasteiger partial charge in [0.15, 0.2) is 0 Å². The average molecular weight is 399 g/mol. The van der Waals surface area contributed by atoms with E-state index in [2.05, 4.69) is 31.7 Å². The van der Waals surface area contributed by atoms with Crippen LogP contribution >= 0.6 is 0 Å². The Labute approximate surface area is 173 Å². The first-order valence-corrected chi connectivity index (χ1v) is 9.67. The van der Waals surface area contributed by atoms with Crippen LogP contribution in [0.15, 0.2) is 73.3 Å². The molecule has 3 heterocycles. The predicted octanol–water partition coefficient (Wildman–Crippen LogP) is 2.86. The number of H-pyrrole nitrogens is 1. The van der Waals surface area contributed by atoms with E-state index in [1.807, 2.05) is 42.6 Å². The summed E-state index contributed by atoms with van der Waals surface area (Å²) in [4.78, 5) is 36.3. The van der Waals surface area contributed by atoms with Crippen LogP contribution in [0.3, 0.4) is 0 Å². The van der Waals surface area contributed by atoms with E-state index in [0.29, 0.717) is 30.6 Å². The molecule has 0 atom stereocenters. The molecule has 1 aromatic carbocycles. The van der Waals surface area contributed by atoms with E-state index in [-0.39, 0.29) is 11.8 Å². The van der Waals surface area contributed by atoms with Crippen LogP contribution in [0.25, 0.3) is 10.9 Å². The van der Waals surface area contributed by atoms with Crippen molar-refractivity contribution in [2.24, 2.45) is 0 Å². The van der Waals surface area contributed by atoms with Crippen molar-refractivity contribution in [2.75, 3.05) is 6.54 Å². The average Bonchev–Trinajstić information content (AvgIpc) is 3.21. The van der Waals surface area contributed by atoms with Crippen LogP contribution < -0.4 is 10.6 Å². The summed E-state index contributed by atoms with van der Waals surface area (Å²) in [6.07, 6.45) is 7.23. The summed E-state index contributed by atoms with van der Waals surface area (Å²) in [5.74, 6) is -0.566.